The van der Waals surface area contributed by atoms with Crippen LogP contribution in [-0.2, 0) is 19.4 Å². The van der Waals surface area contributed by atoms with Gasteiger partial charge in [0.05, 0.1) is 35.0 Å². The molecule has 34 heavy (non-hydrogen) atoms. The van der Waals surface area contributed by atoms with Gasteiger partial charge in [0, 0.05) is 37.5 Å². The van der Waals surface area contributed by atoms with E-state index in [0.29, 0.717) is 18.9 Å². The SMILES string of the molecule is O=C(NCc1ncccc1F)c1coc(CCNCCc2nc3c(cnc4ccccc43)[nH]2)n1. The zero-order valence-electron chi connectivity index (χ0n) is 18.2. The summed E-state index contributed by atoms with van der Waals surface area (Å²) in [5.41, 5.74) is 3.09. The van der Waals surface area contributed by atoms with E-state index in [1.54, 1.807) is 0 Å². The first-order valence-electron chi connectivity index (χ1n) is 10.9. The number of carbonyl (C=O) groups excluding carboxylic acids is 1. The molecule has 0 radical (unpaired) electrons. The fourth-order valence-corrected chi connectivity index (χ4v) is 3.64. The minimum atomic E-state index is -0.470. The Bertz CT molecular complexity index is 1450. The number of carbonyl (C=O) groups is 1. The van der Waals surface area contributed by atoms with E-state index in [0.717, 1.165) is 40.7 Å². The number of imidazole rings is 1. The monoisotopic (exact) mass is 459 g/mol. The van der Waals surface area contributed by atoms with E-state index in [9.17, 15) is 9.18 Å². The van der Waals surface area contributed by atoms with Gasteiger partial charge in [0.15, 0.2) is 11.6 Å². The van der Waals surface area contributed by atoms with Crippen LogP contribution in [0, 0.1) is 5.82 Å². The average Bonchev–Trinajstić information content (AvgIpc) is 3.50. The lowest BCUT2D eigenvalue weighted by Crippen LogP contribution is -2.24. The van der Waals surface area contributed by atoms with Gasteiger partial charge in [-0.15, -0.1) is 0 Å². The Morgan fingerprint density at radius 3 is 2.85 bits per heavy atom. The third-order valence-corrected chi connectivity index (χ3v) is 5.36. The van der Waals surface area contributed by atoms with Gasteiger partial charge in [0.25, 0.3) is 5.91 Å². The number of fused-ring (bicyclic) bond motifs is 3. The van der Waals surface area contributed by atoms with Crippen molar-refractivity contribution in [3.63, 3.8) is 0 Å². The van der Waals surface area contributed by atoms with E-state index in [1.165, 1.54) is 24.6 Å². The molecule has 10 heteroatoms. The maximum Gasteiger partial charge on any atom is 0.273 e. The van der Waals surface area contributed by atoms with Crippen LogP contribution in [0.15, 0.2) is 59.5 Å². The Kier molecular flexibility index (Phi) is 6.21. The molecule has 4 aromatic heterocycles. The summed E-state index contributed by atoms with van der Waals surface area (Å²) < 4.78 is 19.0. The van der Waals surface area contributed by atoms with Gasteiger partial charge in [-0.05, 0) is 18.2 Å². The van der Waals surface area contributed by atoms with Gasteiger partial charge in [-0.1, -0.05) is 18.2 Å². The number of oxazole rings is 1. The molecule has 0 saturated heterocycles. The molecule has 0 fully saturated rings. The molecule has 0 bridgehead atoms. The second-order valence-electron chi connectivity index (χ2n) is 7.71. The summed E-state index contributed by atoms with van der Waals surface area (Å²) in [6.07, 6.45) is 5.83. The fraction of sp³-hybridized carbons (Fsp3) is 0.208. The minimum absolute atomic E-state index is 0.0249. The maximum atomic E-state index is 13.6. The van der Waals surface area contributed by atoms with Crippen LogP contribution in [0.25, 0.3) is 21.9 Å². The predicted molar refractivity (Wildman–Crippen MR) is 124 cm³/mol. The van der Waals surface area contributed by atoms with Gasteiger partial charge < -0.3 is 20.0 Å². The number of hydrogen-bond acceptors (Lipinski definition) is 7. The lowest BCUT2D eigenvalue weighted by molar-refractivity contribution is 0.0945. The predicted octanol–water partition coefficient (Wildman–Crippen LogP) is 2.94. The molecular formula is C24H22FN7O2. The quantitative estimate of drug-likeness (QED) is 0.290. The molecular weight excluding hydrogens is 437 g/mol. The number of hydrogen-bond donors (Lipinski definition) is 3. The average molecular weight is 459 g/mol. The van der Waals surface area contributed by atoms with Crippen molar-refractivity contribution in [1.82, 2.24) is 35.6 Å². The Morgan fingerprint density at radius 2 is 1.94 bits per heavy atom. The summed E-state index contributed by atoms with van der Waals surface area (Å²) in [7, 11) is 0. The summed E-state index contributed by atoms with van der Waals surface area (Å²) in [5.74, 6) is 0.422. The van der Waals surface area contributed by atoms with Crippen molar-refractivity contribution in [3.8, 4) is 0 Å². The van der Waals surface area contributed by atoms with Crippen LogP contribution in [0.4, 0.5) is 4.39 Å². The first-order valence-corrected chi connectivity index (χ1v) is 10.9. The fourth-order valence-electron chi connectivity index (χ4n) is 3.64. The van der Waals surface area contributed by atoms with Crippen LogP contribution in [-0.4, -0.2) is 43.9 Å². The molecule has 1 aromatic carbocycles. The highest BCUT2D eigenvalue weighted by atomic mass is 19.1. The number of aromatic amines is 1. The maximum absolute atomic E-state index is 13.6. The zero-order valence-corrected chi connectivity index (χ0v) is 18.2. The molecule has 9 nitrogen and oxygen atoms in total. The first-order chi connectivity index (χ1) is 16.7. The van der Waals surface area contributed by atoms with Crippen LogP contribution >= 0.6 is 0 Å². The summed E-state index contributed by atoms with van der Waals surface area (Å²) in [6.45, 7) is 1.32. The van der Waals surface area contributed by atoms with Crippen molar-refractivity contribution >= 4 is 27.8 Å². The molecule has 0 saturated carbocycles. The van der Waals surface area contributed by atoms with E-state index < -0.39 is 11.7 Å². The highest BCUT2D eigenvalue weighted by molar-refractivity contribution is 6.01. The zero-order chi connectivity index (χ0) is 23.3. The van der Waals surface area contributed by atoms with Gasteiger partial charge in [0.2, 0.25) is 0 Å². The second kappa shape index (κ2) is 9.75. The number of benzene rings is 1. The van der Waals surface area contributed by atoms with Gasteiger partial charge in [0.1, 0.15) is 17.9 Å². The summed E-state index contributed by atoms with van der Waals surface area (Å²) in [4.78, 5) is 32.8. The Labute approximate surface area is 193 Å². The Morgan fingerprint density at radius 1 is 1.06 bits per heavy atom. The third-order valence-electron chi connectivity index (χ3n) is 5.36. The van der Waals surface area contributed by atoms with Crippen LogP contribution in [0.5, 0.6) is 0 Å². The normalized spacial score (nSPS) is 11.3. The molecule has 4 heterocycles. The first kappa shape index (κ1) is 21.7. The molecule has 0 unspecified atom stereocenters. The smallest absolute Gasteiger partial charge is 0.273 e. The number of nitrogens with zero attached hydrogens (tertiary/aromatic N) is 4. The van der Waals surface area contributed by atoms with E-state index in [-0.39, 0.29) is 17.9 Å². The summed E-state index contributed by atoms with van der Waals surface area (Å²) >= 11 is 0. The summed E-state index contributed by atoms with van der Waals surface area (Å²) in [5, 5.41) is 6.95. The molecule has 0 aliphatic heterocycles. The lowest BCUT2D eigenvalue weighted by atomic mass is 10.2. The topological polar surface area (TPSA) is 122 Å². The van der Waals surface area contributed by atoms with E-state index in [2.05, 4.69) is 30.6 Å². The van der Waals surface area contributed by atoms with Crippen LogP contribution in [0.3, 0.4) is 0 Å². The highest BCUT2D eigenvalue weighted by Crippen LogP contribution is 2.21. The van der Waals surface area contributed by atoms with E-state index in [1.807, 2.05) is 30.5 Å². The number of rotatable bonds is 9. The van der Waals surface area contributed by atoms with Crippen molar-refractivity contribution in [2.45, 2.75) is 19.4 Å². The van der Waals surface area contributed by atoms with Crippen molar-refractivity contribution in [1.29, 1.82) is 0 Å². The second-order valence-corrected chi connectivity index (χ2v) is 7.71. The molecule has 3 N–H and O–H groups in total. The van der Waals surface area contributed by atoms with Crippen molar-refractivity contribution in [2.24, 2.45) is 0 Å². The number of para-hydroxylation sites is 1. The van der Waals surface area contributed by atoms with Gasteiger partial charge in [-0.3, -0.25) is 14.8 Å². The summed E-state index contributed by atoms with van der Waals surface area (Å²) in [6, 6.07) is 10.7. The highest BCUT2D eigenvalue weighted by Gasteiger charge is 2.13. The molecule has 0 aliphatic carbocycles. The lowest BCUT2D eigenvalue weighted by Gasteiger charge is -2.03. The number of pyridine rings is 2. The van der Waals surface area contributed by atoms with Crippen LogP contribution < -0.4 is 10.6 Å². The van der Waals surface area contributed by atoms with Crippen molar-refractivity contribution in [2.75, 3.05) is 13.1 Å². The van der Waals surface area contributed by atoms with Crippen LogP contribution in [0.1, 0.15) is 27.9 Å². The third kappa shape index (κ3) is 4.76. The Balaban J connectivity index is 1.08. The number of halogens is 1. The molecule has 172 valence electrons. The molecule has 0 aliphatic rings. The van der Waals surface area contributed by atoms with Gasteiger partial charge in [-0.2, -0.15) is 0 Å². The number of H-pyrrole nitrogens is 1. The number of nitrogens with one attached hydrogen (secondary N) is 3. The molecule has 5 rings (SSSR count). The van der Waals surface area contributed by atoms with E-state index in [4.69, 9.17) is 9.40 Å². The minimum Gasteiger partial charge on any atom is -0.448 e. The van der Waals surface area contributed by atoms with Gasteiger partial charge >= 0.3 is 0 Å². The largest absolute Gasteiger partial charge is 0.448 e. The number of amides is 1. The van der Waals surface area contributed by atoms with Gasteiger partial charge in [-0.25, -0.2) is 14.4 Å². The van der Waals surface area contributed by atoms with E-state index >= 15 is 0 Å². The molecule has 1 amide bonds. The van der Waals surface area contributed by atoms with Crippen LogP contribution in [0.2, 0.25) is 0 Å². The Hall–Kier alpha value is -4.18. The standard InChI is InChI=1S/C24H22FN7O2/c25-16-5-3-9-27-18(16)12-29-24(33)20-14-34-22(31-20)8-11-26-10-7-21-30-19-13-28-17-6-2-1-4-15(17)23(19)32-21/h1-6,9,13-14,26H,7-8,10-12H2,(H,29,33)(H,30,32). The van der Waals surface area contributed by atoms with Crippen molar-refractivity contribution in [3.05, 3.63) is 84.0 Å². The molecule has 5 aromatic rings. The van der Waals surface area contributed by atoms with Crippen molar-refractivity contribution < 1.29 is 13.6 Å². The molecule has 0 spiro atoms. The number of aromatic nitrogens is 5. The molecule has 0 atom stereocenters.